The van der Waals surface area contributed by atoms with Crippen LogP contribution < -0.4 is 0 Å². The summed E-state index contributed by atoms with van der Waals surface area (Å²) in [7, 11) is -2.21. The van der Waals surface area contributed by atoms with Gasteiger partial charge in [-0.25, -0.2) is 4.89 Å². The second-order valence-corrected chi connectivity index (χ2v) is 7.60. The molecule has 9 heteroatoms. The van der Waals surface area contributed by atoms with E-state index in [1.165, 1.54) is 7.11 Å². The van der Waals surface area contributed by atoms with Gasteiger partial charge in [0.25, 0.3) is 11.2 Å². The topological polar surface area (TPSA) is 73.8 Å². The van der Waals surface area contributed by atoms with Crippen molar-refractivity contribution in [2.75, 3.05) is 46.8 Å². The Bertz CT molecular complexity index is 313. The molecule has 8 nitrogen and oxygen atoms in total. The molecule has 0 rings (SSSR count). The maximum Gasteiger partial charge on any atom is 0.570 e. The molecular formula is C16H36O8Si. The van der Waals surface area contributed by atoms with Crippen molar-refractivity contribution in [3.8, 4) is 0 Å². The lowest BCUT2D eigenvalue weighted by Crippen LogP contribution is -2.77. The van der Waals surface area contributed by atoms with Gasteiger partial charge in [-0.05, 0) is 48.5 Å². The van der Waals surface area contributed by atoms with Gasteiger partial charge < -0.3 is 27.5 Å². The van der Waals surface area contributed by atoms with Gasteiger partial charge in [-0.1, -0.05) is 0 Å². The molecule has 152 valence electrons. The van der Waals surface area contributed by atoms with Crippen LogP contribution in [-0.4, -0.2) is 66.8 Å². The number of hydrogen-bond donors (Lipinski definition) is 0. The van der Waals surface area contributed by atoms with Crippen LogP contribution in [0, 0.1) is 0 Å². The zero-order chi connectivity index (χ0) is 19.4. The molecule has 0 fully saturated rings. The molecule has 0 N–H and O–H groups in total. The molecule has 0 aromatic heterocycles. The van der Waals surface area contributed by atoms with Gasteiger partial charge in [-0.2, -0.15) is 4.89 Å². The third-order valence-corrected chi connectivity index (χ3v) is 6.92. The van der Waals surface area contributed by atoms with Crippen LogP contribution in [0.15, 0.2) is 0 Å². The SMILES string of the molecule is CCOC(C)(OOC)C(OCC)(OCC)[Si](OCC)(OCC)OCC. The normalized spacial score (nSPS) is 15.4. The third-order valence-electron chi connectivity index (χ3n) is 3.36. The maximum absolute atomic E-state index is 6.10. The Morgan fingerprint density at radius 3 is 1.32 bits per heavy atom. The summed E-state index contributed by atoms with van der Waals surface area (Å²) in [6, 6.07) is 0. The predicted octanol–water partition coefficient (Wildman–Crippen LogP) is 2.67. The van der Waals surface area contributed by atoms with Crippen molar-refractivity contribution in [1.29, 1.82) is 0 Å². The summed E-state index contributed by atoms with van der Waals surface area (Å²) in [4.78, 5) is 10.5. The summed E-state index contributed by atoms with van der Waals surface area (Å²) in [6.45, 7) is 14.8. The average Bonchev–Trinajstić information content (AvgIpc) is 2.55. The lowest BCUT2D eigenvalue weighted by atomic mass is 10.3. The first kappa shape index (κ1) is 24.9. The van der Waals surface area contributed by atoms with E-state index in [2.05, 4.69) is 0 Å². The largest absolute Gasteiger partial charge is 0.570 e. The van der Waals surface area contributed by atoms with E-state index in [4.69, 9.17) is 37.3 Å². The van der Waals surface area contributed by atoms with E-state index in [1.807, 2.05) is 41.5 Å². The minimum atomic E-state index is -3.60. The first-order valence-corrected chi connectivity index (χ1v) is 10.7. The number of hydrogen-bond acceptors (Lipinski definition) is 8. The molecule has 0 aromatic rings. The Balaban J connectivity index is 6.52. The third kappa shape index (κ3) is 5.44. The average molecular weight is 385 g/mol. The van der Waals surface area contributed by atoms with Crippen LogP contribution in [0.5, 0.6) is 0 Å². The lowest BCUT2D eigenvalue weighted by Gasteiger charge is -2.50. The summed E-state index contributed by atoms with van der Waals surface area (Å²) < 4.78 is 36.2. The van der Waals surface area contributed by atoms with Crippen molar-refractivity contribution < 1.29 is 37.3 Å². The molecule has 1 unspecified atom stereocenters. The number of rotatable bonds is 16. The van der Waals surface area contributed by atoms with E-state index < -0.39 is 20.0 Å². The second-order valence-electron chi connectivity index (χ2n) is 4.97. The van der Waals surface area contributed by atoms with Crippen molar-refractivity contribution in [1.82, 2.24) is 0 Å². The summed E-state index contributed by atoms with van der Waals surface area (Å²) in [5.41, 5.74) is -1.57. The molecule has 0 heterocycles. The van der Waals surface area contributed by atoms with Gasteiger partial charge in [-0.3, -0.25) is 0 Å². The summed E-state index contributed by atoms with van der Waals surface area (Å²) in [5.74, 6) is -1.48. The molecular weight excluding hydrogens is 348 g/mol. The molecule has 0 aliphatic heterocycles. The van der Waals surface area contributed by atoms with Crippen molar-refractivity contribution in [3.05, 3.63) is 0 Å². The highest BCUT2D eigenvalue weighted by Gasteiger charge is 2.75. The molecule has 0 radical (unpaired) electrons. The zero-order valence-electron chi connectivity index (χ0n) is 17.0. The second kappa shape index (κ2) is 12.3. The van der Waals surface area contributed by atoms with E-state index in [1.54, 1.807) is 6.92 Å². The maximum atomic E-state index is 6.10. The van der Waals surface area contributed by atoms with Crippen LogP contribution in [0.25, 0.3) is 0 Å². The van der Waals surface area contributed by atoms with Gasteiger partial charge in [-0.15, -0.1) is 0 Å². The van der Waals surface area contributed by atoms with E-state index in [-0.39, 0.29) is 0 Å². The minimum absolute atomic E-state index is 0.303. The fourth-order valence-corrected chi connectivity index (χ4v) is 6.03. The molecule has 0 aliphatic rings. The van der Waals surface area contributed by atoms with Crippen LogP contribution in [0.1, 0.15) is 48.5 Å². The van der Waals surface area contributed by atoms with Crippen molar-refractivity contribution in [3.63, 3.8) is 0 Å². The summed E-state index contributed by atoms with van der Waals surface area (Å²) >= 11 is 0. The lowest BCUT2D eigenvalue weighted by molar-refractivity contribution is -0.480. The molecule has 0 aromatic carbocycles. The Kier molecular flexibility index (Phi) is 12.3. The van der Waals surface area contributed by atoms with Crippen LogP contribution >= 0.6 is 0 Å². The Morgan fingerprint density at radius 2 is 1.04 bits per heavy atom. The molecule has 0 amide bonds. The minimum Gasteiger partial charge on any atom is -0.371 e. The van der Waals surface area contributed by atoms with Crippen LogP contribution in [0.4, 0.5) is 0 Å². The van der Waals surface area contributed by atoms with Crippen LogP contribution in [-0.2, 0) is 37.3 Å². The van der Waals surface area contributed by atoms with Gasteiger partial charge in [0.1, 0.15) is 0 Å². The molecule has 1 atom stereocenters. The Morgan fingerprint density at radius 1 is 0.640 bits per heavy atom. The zero-order valence-corrected chi connectivity index (χ0v) is 18.0. The fourth-order valence-electron chi connectivity index (χ4n) is 2.75. The monoisotopic (exact) mass is 384 g/mol. The summed E-state index contributed by atoms with van der Waals surface area (Å²) in [5, 5.41) is 0. The fraction of sp³-hybridized carbons (Fsp3) is 1.00. The predicted molar refractivity (Wildman–Crippen MR) is 94.7 cm³/mol. The van der Waals surface area contributed by atoms with Crippen molar-refractivity contribution >= 4 is 8.80 Å². The first-order valence-electron chi connectivity index (χ1n) is 8.98. The molecule has 25 heavy (non-hydrogen) atoms. The van der Waals surface area contributed by atoms with Gasteiger partial charge in [0.05, 0.1) is 7.11 Å². The first-order chi connectivity index (χ1) is 11.9. The molecule has 0 saturated heterocycles. The highest BCUT2D eigenvalue weighted by molar-refractivity contribution is 6.64. The molecule has 0 bridgehead atoms. The smallest absolute Gasteiger partial charge is 0.371 e. The van der Waals surface area contributed by atoms with E-state index >= 15 is 0 Å². The Labute approximate surface area is 153 Å². The Hall–Kier alpha value is -0.103. The number of ether oxygens (including phenoxy) is 3. The highest BCUT2D eigenvalue weighted by Crippen LogP contribution is 2.42. The van der Waals surface area contributed by atoms with Crippen molar-refractivity contribution in [2.45, 2.75) is 59.7 Å². The standard InChI is InChI=1S/C16H36O8Si/c1-9-18-15(7,24-17-8)16(19-10-2,20-11-3)25(21-12-4,22-13-5)23-14-6/h9-14H2,1-8H3. The van der Waals surface area contributed by atoms with Crippen LogP contribution in [0.2, 0.25) is 0 Å². The van der Waals surface area contributed by atoms with Gasteiger partial charge in [0.15, 0.2) is 0 Å². The quantitative estimate of drug-likeness (QED) is 0.174. The molecule has 0 saturated carbocycles. The van der Waals surface area contributed by atoms with Gasteiger partial charge in [0, 0.05) is 39.6 Å². The van der Waals surface area contributed by atoms with E-state index in [9.17, 15) is 0 Å². The van der Waals surface area contributed by atoms with Crippen LogP contribution in [0.3, 0.4) is 0 Å². The van der Waals surface area contributed by atoms with Crippen molar-refractivity contribution in [2.24, 2.45) is 0 Å². The van der Waals surface area contributed by atoms with Gasteiger partial charge in [0.2, 0.25) is 0 Å². The summed E-state index contributed by atoms with van der Waals surface area (Å²) in [6.07, 6.45) is 0. The molecule has 0 aliphatic carbocycles. The van der Waals surface area contributed by atoms with E-state index in [0.29, 0.717) is 39.6 Å². The van der Waals surface area contributed by atoms with E-state index in [0.717, 1.165) is 0 Å². The van der Waals surface area contributed by atoms with Gasteiger partial charge >= 0.3 is 8.80 Å². The molecule has 0 spiro atoms. The highest BCUT2D eigenvalue weighted by atomic mass is 28.4.